The minimum absolute atomic E-state index is 0.0763. The minimum Gasteiger partial charge on any atom is -0.348 e. The van der Waals surface area contributed by atoms with Crippen LogP contribution in [0.3, 0.4) is 0 Å². The van der Waals surface area contributed by atoms with Crippen LogP contribution in [-0.4, -0.2) is 15.5 Å². The van der Waals surface area contributed by atoms with Crippen molar-refractivity contribution in [3.63, 3.8) is 0 Å². The molecule has 4 rings (SSSR count). The van der Waals surface area contributed by atoms with Crippen molar-refractivity contribution in [3.05, 3.63) is 65.2 Å². The van der Waals surface area contributed by atoms with Crippen LogP contribution in [0.15, 0.2) is 42.7 Å². The van der Waals surface area contributed by atoms with E-state index in [1.165, 1.54) is 6.07 Å². The van der Waals surface area contributed by atoms with Crippen LogP contribution < -0.4 is 5.32 Å². The number of nitriles is 1. The van der Waals surface area contributed by atoms with Crippen molar-refractivity contribution in [2.24, 2.45) is 0 Å². The van der Waals surface area contributed by atoms with Crippen LogP contribution >= 0.6 is 0 Å². The molecule has 1 fully saturated rings. The Labute approximate surface area is 175 Å². The highest BCUT2D eigenvalue weighted by Gasteiger charge is 2.38. The smallest absolute Gasteiger partial charge is 0.240 e. The number of aromatic nitrogens is 2. The Hall–Kier alpha value is -3.20. The molecule has 0 radical (unpaired) electrons. The Balaban J connectivity index is 1.46. The SMILES string of the molecule is CCc1c(F)ccc2ncn(CC(=O)NC(C)c3ccc(C4(C#N)CCC4)cc3)c12. The number of nitrogens with zero attached hydrogens (tertiary/aromatic N) is 3. The van der Waals surface area contributed by atoms with E-state index >= 15 is 0 Å². The molecule has 1 saturated carbocycles. The number of aryl methyl sites for hydroxylation is 1. The topological polar surface area (TPSA) is 70.7 Å². The van der Waals surface area contributed by atoms with Gasteiger partial charge in [-0.3, -0.25) is 4.79 Å². The Morgan fingerprint density at radius 1 is 1.30 bits per heavy atom. The lowest BCUT2D eigenvalue weighted by molar-refractivity contribution is -0.122. The zero-order chi connectivity index (χ0) is 21.3. The molecule has 2 aromatic carbocycles. The van der Waals surface area contributed by atoms with Gasteiger partial charge in [0.25, 0.3) is 0 Å². The molecule has 0 aliphatic heterocycles. The predicted octanol–water partition coefficient (Wildman–Crippen LogP) is 4.56. The number of nitrogens with one attached hydrogen (secondary N) is 1. The van der Waals surface area contributed by atoms with E-state index in [0.29, 0.717) is 23.0 Å². The molecular formula is C24H25FN4O. The van der Waals surface area contributed by atoms with Gasteiger partial charge in [-0.1, -0.05) is 31.2 Å². The van der Waals surface area contributed by atoms with E-state index in [1.807, 2.05) is 38.1 Å². The molecule has 1 aliphatic carbocycles. The van der Waals surface area contributed by atoms with Gasteiger partial charge in [-0.05, 0) is 55.9 Å². The van der Waals surface area contributed by atoms with Crippen molar-refractivity contribution >= 4 is 16.9 Å². The number of amides is 1. The summed E-state index contributed by atoms with van der Waals surface area (Å²) in [4.78, 5) is 17.0. The van der Waals surface area contributed by atoms with Crippen LogP contribution in [0.25, 0.3) is 11.0 Å². The van der Waals surface area contributed by atoms with Gasteiger partial charge in [-0.2, -0.15) is 5.26 Å². The summed E-state index contributed by atoms with van der Waals surface area (Å²) in [5.74, 6) is -0.438. The summed E-state index contributed by atoms with van der Waals surface area (Å²) in [6.45, 7) is 3.90. The number of carbonyl (C=O) groups excluding carboxylic acids is 1. The second-order valence-electron chi connectivity index (χ2n) is 8.08. The van der Waals surface area contributed by atoms with Crippen molar-refractivity contribution in [1.29, 1.82) is 5.26 Å². The lowest BCUT2D eigenvalue weighted by Gasteiger charge is -2.35. The Kier molecular flexibility index (Phi) is 5.29. The molecule has 3 aromatic rings. The number of benzene rings is 2. The van der Waals surface area contributed by atoms with Gasteiger partial charge < -0.3 is 9.88 Å². The number of fused-ring (bicyclic) bond motifs is 1. The zero-order valence-electron chi connectivity index (χ0n) is 17.3. The number of carbonyl (C=O) groups is 1. The normalized spacial score (nSPS) is 15.9. The standard InChI is InChI=1S/C24H25FN4O/c1-3-19-20(25)9-10-21-23(19)29(15-27-21)13-22(30)28-16(2)17-5-7-18(8-6-17)24(14-26)11-4-12-24/h5-10,15-16H,3-4,11-13H2,1-2H3,(H,28,30). The first-order valence-electron chi connectivity index (χ1n) is 10.4. The molecular weight excluding hydrogens is 379 g/mol. The predicted molar refractivity (Wildman–Crippen MR) is 113 cm³/mol. The van der Waals surface area contributed by atoms with Crippen molar-refractivity contribution in [1.82, 2.24) is 14.9 Å². The van der Waals surface area contributed by atoms with E-state index in [1.54, 1.807) is 17.0 Å². The number of imidazole rings is 1. The number of halogens is 1. The first-order chi connectivity index (χ1) is 14.5. The van der Waals surface area contributed by atoms with Gasteiger partial charge in [0.15, 0.2) is 0 Å². The third-order valence-electron chi connectivity index (χ3n) is 6.26. The summed E-state index contributed by atoms with van der Waals surface area (Å²) in [6, 6.07) is 13.3. The van der Waals surface area contributed by atoms with E-state index in [4.69, 9.17) is 0 Å². The fraction of sp³-hybridized carbons (Fsp3) is 0.375. The van der Waals surface area contributed by atoms with E-state index < -0.39 is 0 Å². The van der Waals surface area contributed by atoms with Gasteiger partial charge in [0.1, 0.15) is 12.4 Å². The molecule has 0 spiro atoms. The van der Waals surface area contributed by atoms with E-state index in [-0.39, 0.29) is 29.7 Å². The molecule has 1 unspecified atom stereocenters. The fourth-order valence-electron chi connectivity index (χ4n) is 4.28. The van der Waals surface area contributed by atoms with Gasteiger partial charge >= 0.3 is 0 Å². The Bertz CT molecular complexity index is 1120. The monoisotopic (exact) mass is 404 g/mol. The molecule has 1 amide bonds. The lowest BCUT2D eigenvalue weighted by atomic mass is 9.65. The zero-order valence-corrected chi connectivity index (χ0v) is 17.3. The summed E-state index contributed by atoms with van der Waals surface area (Å²) in [7, 11) is 0. The second-order valence-corrected chi connectivity index (χ2v) is 8.08. The largest absolute Gasteiger partial charge is 0.348 e. The van der Waals surface area contributed by atoms with Crippen LogP contribution in [0.4, 0.5) is 4.39 Å². The molecule has 1 atom stereocenters. The van der Waals surface area contributed by atoms with Crippen LogP contribution in [-0.2, 0) is 23.2 Å². The lowest BCUT2D eigenvalue weighted by Crippen LogP contribution is -2.32. The quantitative estimate of drug-likeness (QED) is 0.655. The molecule has 154 valence electrons. The van der Waals surface area contributed by atoms with Gasteiger partial charge in [0, 0.05) is 5.56 Å². The summed E-state index contributed by atoms with van der Waals surface area (Å²) >= 11 is 0. The first kappa shape index (κ1) is 20.1. The maximum atomic E-state index is 14.2. The number of hydrogen-bond acceptors (Lipinski definition) is 3. The van der Waals surface area contributed by atoms with E-state index in [2.05, 4.69) is 16.4 Å². The summed E-state index contributed by atoms with van der Waals surface area (Å²) in [5, 5.41) is 12.5. The van der Waals surface area contributed by atoms with Gasteiger partial charge in [-0.15, -0.1) is 0 Å². The average Bonchev–Trinajstić information content (AvgIpc) is 3.10. The fourth-order valence-corrected chi connectivity index (χ4v) is 4.28. The van der Waals surface area contributed by atoms with Crippen molar-refractivity contribution in [2.45, 2.75) is 57.5 Å². The van der Waals surface area contributed by atoms with Crippen molar-refractivity contribution in [2.75, 3.05) is 0 Å². The van der Waals surface area contributed by atoms with Gasteiger partial charge in [0.05, 0.1) is 34.9 Å². The highest BCUT2D eigenvalue weighted by molar-refractivity contribution is 5.83. The second kappa shape index (κ2) is 7.91. The van der Waals surface area contributed by atoms with Gasteiger partial charge in [-0.25, -0.2) is 9.37 Å². The maximum Gasteiger partial charge on any atom is 0.240 e. The van der Waals surface area contributed by atoms with Crippen molar-refractivity contribution in [3.8, 4) is 6.07 Å². The molecule has 0 bridgehead atoms. The summed E-state index contributed by atoms with van der Waals surface area (Å²) in [5.41, 5.74) is 3.63. The highest BCUT2D eigenvalue weighted by Crippen LogP contribution is 2.43. The third kappa shape index (κ3) is 3.45. The molecule has 6 heteroatoms. The van der Waals surface area contributed by atoms with Crippen molar-refractivity contribution < 1.29 is 9.18 Å². The van der Waals surface area contributed by atoms with Gasteiger partial charge in [0.2, 0.25) is 5.91 Å². The first-order valence-corrected chi connectivity index (χ1v) is 10.4. The maximum absolute atomic E-state index is 14.2. The molecule has 0 saturated heterocycles. The van der Waals surface area contributed by atoms with Crippen LogP contribution in [0.2, 0.25) is 0 Å². The van der Waals surface area contributed by atoms with Crippen LogP contribution in [0.1, 0.15) is 55.8 Å². The van der Waals surface area contributed by atoms with Crippen LogP contribution in [0, 0.1) is 17.1 Å². The molecule has 1 heterocycles. The Morgan fingerprint density at radius 2 is 2.03 bits per heavy atom. The highest BCUT2D eigenvalue weighted by atomic mass is 19.1. The number of hydrogen-bond donors (Lipinski definition) is 1. The molecule has 1 N–H and O–H groups in total. The molecule has 30 heavy (non-hydrogen) atoms. The van der Waals surface area contributed by atoms with Crippen LogP contribution in [0.5, 0.6) is 0 Å². The van der Waals surface area contributed by atoms with E-state index in [0.717, 1.165) is 30.4 Å². The third-order valence-corrected chi connectivity index (χ3v) is 6.26. The molecule has 5 nitrogen and oxygen atoms in total. The molecule has 1 aliphatic rings. The summed E-state index contributed by atoms with van der Waals surface area (Å²) in [6.07, 6.45) is 5.03. The summed E-state index contributed by atoms with van der Waals surface area (Å²) < 4.78 is 15.9. The molecule has 1 aromatic heterocycles. The minimum atomic E-state index is -0.334. The number of rotatable bonds is 6. The Morgan fingerprint density at radius 3 is 2.63 bits per heavy atom. The average molecular weight is 404 g/mol. The van der Waals surface area contributed by atoms with E-state index in [9.17, 15) is 14.4 Å².